The summed E-state index contributed by atoms with van der Waals surface area (Å²) in [6.45, 7) is 3.15. The van der Waals surface area contributed by atoms with Crippen molar-refractivity contribution in [2.45, 2.75) is 24.3 Å². The molecule has 0 saturated carbocycles. The molecule has 0 aliphatic carbocycles. The van der Waals surface area contributed by atoms with E-state index in [2.05, 4.69) is 70.1 Å². The third kappa shape index (κ3) is 4.09. The molecule has 0 fully saturated rings. The van der Waals surface area contributed by atoms with Crippen LogP contribution < -0.4 is 5.32 Å². The van der Waals surface area contributed by atoms with Gasteiger partial charge in [-0.2, -0.15) is 0 Å². The van der Waals surface area contributed by atoms with Crippen molar-refractivity contribution < 1.29 is 0 Å². The van der Waals surface area contributed by atoms with E-state index in [0.29, 0.717) is 6.04 Å². The Labute approximate surface area is 131 Å². The highest BCUT2D eigenvalue weighted by Gasteiger charge is 2.15. The number of nitrogens with one attached hydrogen (secondary N) is 1. The SMILES string of the molecule is CCNC(Cc1cc(Br)cs1)c1ccccc1SC. The molecule has 2 rings (SSSR count). The van der Waals surface area contributed by atoms with Gasteiger partial charge in [0.05, 0.1) is 0 Å². The third-order valence-electron chi connectivity index (χ3n) is 2.99. The van der Waals surface area contributed by atoms with Crippen LogP contribution in [-0.4, -0.2) is 12.8 Å². The van der Waals surface area contributed by atoms with Crippen molar-refractivity contribution >= 4 is 39.0 Å². The molecule has 0 amide bonds. The maximum absolute atomic E-state index is 3.61. The maximum Gasteiger partial charge on any atom is 0.0379 e. The average Bonchev–Trinajstić information content (AvgIpc) is 2.84. The molecule has 1 aromatic carbocycles. The lowest BCUT2D eigenvalue weighted by atomic mass is 10.0. The van der Waals surface area contributed by atoms with E-state index in [0.717, 1.165) is 13.0 Å². The van der Waals surface area contributed by atoms with Gasteiger partial charge < -0.3 is 5.32 Å². The van der Waals surface area contributed by atoms with Gasteiger partial charge in [-0.1, -0.05) is 25.1 Å². The summed E-state index contributed by atoms with van der Waals surface area (Å²) in [5, 5.41) is 5.76. The molecule has 4 heteroatoms. The molecule has 0 bridgehead atoms. The molecule has 0 spiro atoms. The molecule has 0 radical (unpaired) electrons. The van der Waals surface area contributed by atoms with Gasteiger partial charge in [0.2, 0.25) is 0 Å². The summed E-state index contributed by atoms with van der Waals surface area (Å²) in [6.07, 6.45) is 3.19. The normalized spacial score (nSPS) is 12.6. The fourth-order valence-corrected chi connectivity index (χ4v) is 4.31. The van der Waals surface area contributed by atoms with Crippen LogP contribution in [0.2, 0.25) is 0 Å². The molecule has 102 valence electrons. The van der Waals surface area contributed by atoms with E-state index in [9.17, 15) is 0 Å². The minimum atomic E-state index is 0.388. The second-order valence-electron chi connectivity index (χ2n) is 4.29. The Kier molecular flexibility index (Phi) is 5.95. The summed E-state index contributed by atoms with van der Waals surface area (Å²) in [7, 11) is 0. The Bertz CT molecular complexity index is 524. The summed E-state index contributed by atoms with van der Waals surface area (Å²) in [5.74, 6) is 0. The standard InChI is InChI=1S/C15H18BrNS2/c1-3-17-14(9-12-8-11(16)10-19-12)13-6-4-5-7-15(13)18-2/h4-8,10,14,17H,3,9H2,1-2H3. The van der Waals surface area contributed by atoms with Crippen LogP contribution in [0.15, 0.2) is 45.1 Å². The van der Waals surface area contributed by atoms with Gasteiger partial charge in [-0.3, -0.25) is 0 Å². The van der Waals surface area contributed by atoms with Crippen molar-refractivity contribution in [3.8, 4) is 0 Å². The number of likely N-dealkylation sites (N-methyl/N-ethyl adjacent to an activating group) is 1. The highest BCUT2D eigenvalue weighted by molar-refractivity contribution is 9.10. The van der Waals surface area contributed by atoms with Crippen LogP contribution in [0.5, 0.6) is 0 Å². The molecular formula is C15H18BrNS2. The summed E-state index contributed by atoms with van der Waals surface area (Å²) in [5.41, 5.74) is 1.40. The van der Waals surface area contributed by atoms with E-state index < -0.39 is 0 Å². The van der Waals surface area contributed by atoms with Gasteiger partial charge in [-0.05, 0) is 46.4 Å². The van der Waals surface area contributed by atoms with Gasteiger partial charge >= 0.3 is 0 Å². The zero-order valence-corrected chi connectivity index (χ0v) is 14.4. The van der Waals surface area contributed by atoms with Crippen LogP contribution in [-0.2, 0) is 6.42 Å². The van der Waals surface area contributed by atoms with Crippen molar-refractivity contribution in [1.29, 1.82) is 0 Å². The van der Waals surface area contributed by atoms with E-state index in [1.165, 1.54) is 19.8 Å². The molecule has 1 atom stereocenters. The number of thiophene rings is 1. The summed E-state index contributed by atoms with van der Waals surface area (Å²) < 4.78 is 1.18. The van der Waals surface area contributed by atoms with Crippen molar-refractivity contribution in [3.63, 3.8) is 0 Å². The smallest absolute Gasteiger partial charge is 0.0379 e. The van der Waals surface area contributed by atoms with Gasteiger partial charge in [0.1, 0.15) is 0 Å². The largest absolute Gasteiger partial charge is 0.310 e. The van der Waals surface area contributed by atoms with Crippen molar-refractivity contribution in [3.05, 3.63) is 50.6 Å². The topological polar surface area (TPSA) is 12.0 Å². The Morgan fingerprint density at radius 1 is 1.37 bits per heavy atom. The first-order chi connectivity index (χ1) is 9.24. The zero-order valence-electron chi connectivity index (χ0n) is 11.2. The molecule has 19 heavy (non-hydrogen) atoms. The number of thioether (sulfide) groups is 1. The van der Waals surface area contributed by atoms with Crippen molar-refractivity contribution in [2.75, 3.05) is 12.8 Å². The number of benzene rings is 1. The molecule has 1 heterocycles. The van der Waals surface area contributed by atoms with Gasteiger partial charge in [-0.15, -0.1) is 23.1 Å². The molecule has 1 unspecified atom stereocenters. The minimum Gasteiger partial charge on any atom is -0.310 e. The van der Waals surface area contributed by atoms with Crippen LogP contribution in [0.25, 0.3) is 0 Å². The lowest BCUT2D eigenvalue weighted by Crippen LogP contribution is -2.23. The second kappa shape index (κ2) is 7.48. The molecule has 0 aliphatic heterocycles. The van der Waals surface area contributed by atoms with Gasteiger partial charge in [0, 0.05) is 32.1 Å². The summed E-state index contributed by atoms with van der Waals surface area (Å²) >= 11 is 7.17. The number of hydrogen-bond acceptors (Lipinski definition) is 3. The lowest BCUT2D eigenvalue weighted by Gasteiger charge is -2.20. The molecule has 1 aromatic heterocycles. The number of halogens is 1. The first kappa shape index (κ1) is 15.1. The van der Waals surface area contributed by atoms with Crippen LogP contribution in [0.1, 0.15) is 23.4 Å². The third-order valence-corrected chi connectivity index (χ3v) is 5.52. The Balaban J connectivity index is 2.23. The maximum atomic E-state index is 3.61. The van der Waals surface area contributed by atoms with E-state index >= 15 is 0 Å². The van der Waals surface area contributed by atoms with Crippen molar-refractivity contribution in [1.82, 2.24) is 5.32 Å². The minimum absolute atomic E-state index is 0.388. The summed E-state index contributed by atoms with van der Waals surface area (Å²) in [4.78, 5) is 2.78. The fourth-order valence-electron chi connectivity index (χ4n) is 2.15. The monoisotopic (exact) mass is 355 g/mol. The van der Waals surface area contributed by atoms with Gasteiger partial charge in [0.15, 0.2) is 0 Å². The zero-order chi connectivity index (χ0) is 13.7. The predicted molar refractivity (Wildman–Crippen MR) is 90.4 cm³/mol. The van der Waals surface area contributed by atoms with E-state index in [-0.39, 0.29) is 0 Å². The van der Waals surface area contributed by atoms with Crippen molar-refractivity contribution in [2.24, 2.45) is 0 Å². The number of hydrogen-bond donors (Lipinski definition) is 1. The van der Waals surface area contributed by atoms with E-state index in [1.807, 2.05) is 23.1 Å². The molecule has 0 saturated heterocycles. The number of rotatable bonds is 6. The van der Waals surface area contributed by atoms with Gasteiger partial charge in [0.25, 0.3) is 0 Å². The average molecular weight is 356 g/mol. The van der Waals surface area contributed by atoms with Crippen LogP contribution in [0.3, 0.4) is 0 Å². The van der Waals surface area contributed by atoms with Crippen LogP contribution in [0, 0.1) is 0 Å². The highest BCUT2D eigenvalue weighted by atomic mass is 79.9. The second-order valence-corrected chi connectivity index (χ2v) is 7.05. The predicted octanol–water partition coefficient (Wildman–Crippen LogP) is 5.13. The first-order valence-electron chi connectivity index (χ1n) is 6.33. The fraction of sp³-hybridized carbons (Fsp3) is 0.333. The first-order valence-corrected chi connectivity index (χ1v) is 9.23. The Morgan fingerprint density at radius 3 is 2.79 bits per heavy atom. The Hall–Kier alpha value is -0.290. The van der Waals surface area contributed by atoms with E-state index in [1.54, 1.807) is 0 Å². The van der Waals surface area contributed by atoms with Gasteiger partial charge in [-0.25, -0.2) is 0 Å². The molecule has 2 aromatic rings. The highest BCUT2D eigenvalue weighted by Crippen LogP contribution is 2.30. The molecule has 1 N–H and O–H groups in total. The molecule has 0 aliphatic rings. The van der Waals surface area contributed by atoms with Crippen LogP contribution in [0.4, 0.5) is 0 Å². The van der Waals surface area contributed by atoms with Crippen LogP contribution >= 0.6 is 39.0 Å². The Morgan fingerprint density at radius 2 is 2.16 bits per heavy atom. The molecular weight excluding hydrogens is 338 g/mol. The summed E-state index contributed by atoms with van der Waals surface area (Å²) in [6, 6.07) is 11.3. The quantitative estimate of drug-likeness (QED) is 0.721. The van der Waals surface area contributed by atoms with E-state index in [4.69, 9.17) is 0 Å². The lowest BCUT2D eigenvalue weighted by molar-refractivity contribution is 0.546. The molecule has 1 nitrogen and oxygen atoms in total.